The maximum Gasteiger partial charge on any atom is 0.271 e. The van der Waals surface area contributed by atoms with Crippen LogP contribution in [0.15, 0.2) is 47.1 Å². The number of oxazole rings is 1. The number of nitro groups is 1. The van der Waals surface area contributed by atoms with Gasteiger partial charge in [0.2, 0.25) is 5.89 Å². The fourth-order valence-corrected chi connectivity index (χ4v) is 2.65. The van der Waals surface area contributed by atoms with Crippen LogP contribution in [0.25, 0.3) is 11.5 Å². The van der Waals surface area contributed by atoms with Crippen molar-refractivity contribution in [3.05, 3.63) is 74.6 Å². The summed E-state index contributed by atoms with van der Waals surface area (Å²) in [5, 5.41) is 10.9. The molecule has 1 heterocycles. The second-order valence-electron chi connectivity index (χ2n) is 5.62. The fourth-order valence-electron chi connectivity index (χ4n) is 2.42. The highest BCUT2D eigenvalue weighted by Crippen LogP contribution is 2.29. The third kappa shape index (κ3) is 3.80. The Morgan fingerprint density at radius 3 is 2.72 bits per heavy atom. The van der Waals surface area contributed by atoms with Gasteiger partial charge in [-0.2, -0.15) is 0 Å². The number of hydrogen-bond donors (Lipinski definition) is 0. The van der Waals surface area contributed by atoms with Gasteiger partial charge >= 0.3 is 0 Å². The highest BCUT2D eigenvalue weighted by Gasteiger charge is 2.13. The van der Waals surface area contributed by atoms with Crippen molar-refractivity contribution in [2.24, 2.45) is 0 Å². The summed E-state index contributed by atoms with van der Waals surface area (Å²) in [4.78, 5) is 14.6. The van der Waals surface area contributed by atoms with E-state index in [-0.39, 0.29) is 17.3 Å². The highest BCUT2D eigenvalue weighted by atomic mass is 35.5. The minimum Gasteiger partial charge on any atom is -0.486 e. The fraction of sp³-hybridized carbons (Fsp3) is 0.167. The van der Waals surface area contributed by atoms with Crippen molar-refractivity contribution in [3.8, 4) is 17.2 Å². The van der Waals surface area contributed by atoms with E-state index in [0.717, 1.165) is 11.1 Å². The summed E-state index contributed by atoms with van der Waals surface area (Å²) in [6, 6.07) is 10.1. The lowest BCUT2D eigenvalue weighted by Crippen LogP contribution is -1.97. The van der Waals surface area contributed by atoms with Crippen LogP contribution in [0.4, 0.5) is 5.69 Å². The Morgan fingerprint density at radius 1 is 1.24 bits per heavy atom. The van der Waals surface area contributed by atoms with Crippen LogP contribution in [0.1, 0.15) is 16.8 Å². The van der Waals surface area contributed by atoms with Gasteiger partial charge in [0.05, 0.1) is 9.95 Å². The minimum atomic E-state index is -0.510. The van der Waals surface area contributed by atoms with Crippen molar-refractivity contribution in [1.82, 2.24) is 4.98 Å². The molecule has 1 aromatic heterocycles. The Bertz CT molecular complexity index is 937. The molecule has 0 saturated carbocycles. The minimum absolute atomic E-state index is 0.0871. The summed E-state index contributed by atoms with van der Waals surface area (Å²) in [6.07, 6.45) is 1.52. The lowest BCUT2D eigenvalue weighted by molar-refractivity contribution is -0.384. The van der Waals surface area contributed by atoms with Crippen LogP contribution in [-0.4, -0.2) is 9.91 Å². The Hall–Kier alpha value is -2.86. The monoisotopic (exact) mass is 358 g/mol. The van der Waals surface area contributed by atoms with E-state index < -0.39 is 4.92 Å². The first kappa shape index (κ1) is 17.0. The molecule has 3 rings (SSSR count). The number of aryl methyl sites for hydroxylation is 2. The van der Waals surface area contributed by atoms with Crippen LogP contribution in [0.2, 0.25) is 5.02 Å². The topological polar surface area (TPSA) is 78.4 Å². The van der Waals surface area contributed by atoms with Crippen molar-refractivity contribution in [3.63, 3.8) is 0 Å². The van der Waals surface area contributed by atoms with Crippen molar-refractivity contribution < 1.29 is 14.1 Å². The van der Waals surface area contributed by atoms with Crippen molar-refractivity contribution in [1.29, 1.82) is 0 Å². The second kappa shape index (κ2) is 6.94. The molecule has 3 aromatic rings. The molecule has 0 aliphatic heterocycles. The van der Waals surface area contributed by atoms with Gasteiger partial charge in [0.25, 0.3) is 5.69 Å². The van der Waals surface area contributed by atoms with Gasteiger partial charge in [-0.1, -0.05) is 29.3 Å². The average molecular weight is 359 g/mol. The zero-order valence-electron chi connectivity index (χ0n) is 13.7. The molecule has 2 aromatic carbocycles. The summed E-state index contributed by atoms with van der Waals surface area (Å²) < 4.78 is 11.1. The van der Waals surface area contributed by atoms with Gasteiger partial charge in [-0.15, -0.1) is 0 Å². The van der Waals surface area contributed by atoms with Gasteiger partial charge < -0.3 is 9.15 Å². The summed E-state index contributed by atoms with van der Waals surface area (Å²) in [7, 11) is 0. The molecule has 0 amide bonds. The number of rotatable bonds is 5. The van der Waals surface area contributed by atoms with Gasteiger partial charge in [0, 0.05) is 17.7 Å². The van der Waals surface area contributed by atoms with E-state index in [0.29, 0.717) is 17.3 Å². The predicted molar refractivity (Wildman–Crippen MR) is 93.9 cm³/mol. The lowest BCUT2D eigenvalue weighted by Gasteiger charge is -2.05. The molecule has 0 spiro atoms. The summed E-state index contributed by atoms with van der Waals surface area (Å²) in [6.45, 7) is 4.17. The van der Waals surface area contributed by atoms with Crippen LogP contribution in [0, 0.1) is 24.0 Å². The van der Waals surface area contributed by atoms with Crippen LogP contribution in [0.3, 0.4) is 0 Å². The molecule has 0 unspecified atom stereocenters. The Morgan fingerprint density at radius 2 is 2.04 bits per heavy atom. The molecule has 0 N–H and O–H groups in total. The normalized spacial score (nSPS) is 10.7. The van der Waals surface area contributed by atoms with Crippen LogP contribution in [0.5, 0.6) is 5.75 Å². The second-order valence-corrected chi connectivity index (χ2v) is 6.03. The first-order chi connectivity index (χ1) is 11.9. The van der Waals surface area contributed by atoms with Crippen molar-refractivity contribution in [2.45, 2.75) is 20.5 Å². The van der Waals surface area contributed by atoms with E-state index in [1.165, 1.54) is 30.0 Å². The summed E-state index contributed by atoms with van der Waals surface area (Å²) >= 11 is 6.00. The standard InChI is InChI=1S/C18H15ClN2O4/c1-11-3-5-15(12(2)7-11)18-20-13(10-25-18)9-24-17-6-4-14(21(22)23)8-16(17)19/h3-8,10H,9H2,1-2H3. The lowest BCUT2D eigenvalue weighted by atomic mass is 10.1. The number of halogens is 1. The summed E-state index contributed by atoms with van der Waals surface area (Å²) in [5.41, 5.74) is 3.68. The third-order valence-electron chi connectivity index (χ3n) is 3.67. The van der Waals surface area contributed by atoms with E-state index in [9.17, 15) is 10.1 Å². The van der Waals surface area contributed by atoms with Gasteiger partial charge in [0.15, 0.2) is 0 Å². The van der Waals surface area contributed by atoms with E-state index in [2.05, 4.69) is 11.1 Å². The molecule has 25 heavy (non-hydrogen) atoms. The number of nitrogens with zero attached hydrogens (tertiary/aromatic N) is 2. The van der Waals surface area contributed by atoms with Gasteiger partial charge in [-0.05, 0) is 31.5 Å². The molecule has 128 valence electrons. The number of non-ortho nitro benzene ring substituents is 1. The van der Waals surface area contributed by atoms with Crippen LogP contribution in [-0.2, 0) is 6.61 Å². The third-order valence-corrected chi connectivity index (χ3v) is 3.96. The molecule has 0 fully saturated rings. The molecule has 0 bridgehead atoms. The Labute approximate surface area is 149 Å². The largest absolute Gasteiger partial charge is 0.486 e. The maximum absolute atomic E-state index is 10.7. The van der Waals surface area contributed by atoms with E-state index in [4.69, 9.17) is 20.8 Å². The van der Waals surface area contributed by atoms with E-state index >= 15 is 0 Å². The maximum atomic E-state index is 10.7. The van der Waals surface area contributed by atoms with Crippen LogP contribution >= 0.6 is 11.6 Å². The highest BCUT2D eigenvalue weighted by molar-refractivity contribution is 6.32. The number of ether oxygens (including phenoxy) is 1. The zero-order chi connectivity index (χ0) is 18.0. The van der Waals surface area contributed by atoms with Gasteiger partial charge in [-0.3, -0.25) is 10.1 Å². The van der Waals surface area contributed by atoms with E-state index in [1.54, 1.807) is 0 Å². The molecule has 0 saturated heterocycles. The molecular weight excluding hydrogens is 344 g/mol. The molecule has 0 atom stereocenters. The SMILES string of the molecule is Cc1ccc(-c2nc(COc3ccc([N+](=O)[O-])cc3Cl)co2)c(C)c1. The van der Waals surface area contributed by atoms with Crippen LogP contribution < -0.4 is 4.74 Å². The van der Waals surface area contributed by atoms with Crippen molar-refractivity contribution in [2.75, 3.05) is 0 Å². The molecule has 6 nitrogen and oxygen atoms in total. The average Bonchev–Trinajstić information content (AvgIpc) is 3.02. The molecule has 0 aliphatic carbocycles. The zero-order valence-corrected chi connectivity index (χ0v) is 14.4. The number of nitro benzene ring substituents is 1. The van der Waals surface area contributed by atoms with E-state index in [1.807, 2.05) is 26.0 Å². The van der Waals surface area contributed by atoms with Crippen molar-refractivity contribution >= 4 is 17.3 Å². The first-order valence-electron chi connectivity index (χ1n) is 7.53. The van der Waals surface area contributed by atoms with Gasteiger partial charge in [-0.25, -0.2) is 4.98 Å². The molecule has 7 heteroatoms. The molecule has 0 aliphatic rings. The Balaban J connectivity index is 1.73. The number of aromatic nitrogens is 1. The number of hydrogen-bond acceptors (Lipinski definition) is 5. The number of benzene rings is 2. The quantitative estimate of drug-likeness (QED) is 0.468. The first-order valence-corrected chi connectivity index (χ1v) is 7.90. The van der Waals surface area contributed by atoms with Gasteiger partial charge in [0.1, 0.15) is 24.3 Å². The predicted octanol–water partition coefficient (Wildman–Crippen LogP) is 5.10. The Kier molecular flexibility index (Phi) is 4.72. The molecule has 0 radical (unpaired) electrons. The smallest absolute Gasteiger partial charge is 0.271 e. The summed E-state index contributed by atoms with van der Waals surface area (Å²) in [5.74, 6) is 0.870. The molecular formula is C18H15ClN2O4.